The Morgan fingerprint density at radius 2 is 1.81 bits per heavy atom. The molecule has 1 heterocycles. The van der Waals surface area contributed by atoms with E-state index >= 15 is 0 Å². The molecule has 140 valence electrons. The summed E-state index contributed by atoms with van der Waals surface area (Å²) in [6.07, 6.45) is 2.37. The third-order valence-corrected chi connectivity index (χ3v) is 3.80. The van der Waals surface area contributed by atoms with Gasteiger partial charge in [0.2, 0.25) is 11.7 Å². The zero-order valence-electron chi connectivity index (χ0n) is 15.6. The van der Waals surface area contributed by atoms with Gasteiger partial charge in [0.05, 0.1) is 21.3 Å². The third kappa shape index (κ3) is 4.53. The monoisotopic (exact) mass is 360 g/mol. The number of ether oxygens (including phenoxy) is 3. The van der Waals surface area contributed by atoms with Gasteiger partial charge in [0.25, 0.3) is 5.91 Å². The molecule has 0 saturated carbocycles. The number of hydrogen-bond acceptors (Lipinski definition) is 7. The Kier molecular flexibility index (Phi) is 6.60. The van der Waals surface area contributed by atoms with Crippen molar-refractivity contribution in [2.75, 3.05) is 26.6 Å². The molecule has 1 amide bonds. The number of nitrogens with zero attached hydrogens (tertiary/aromatic N) is 2. The molecule has 0 aliphatic heterocycles. The number of anilines is 2. The van der Waals surface area contributed by atoms with Gasteiger partial charge in [-0.3, -0.25) is 4.79 Å². The molecule has 0 bridgehead atoms. The zero-order valence-corrected chi connectivity index (χ0v) is 15.6. The molecule has 2 aromatic rings. The Hall–Kier alpha value is -3.03. The van der Waals surface area contributed by atoms with Crippen molar-refractivity contribution in [1.82, 2.24) is 15.3 Å². The normalized spacial score (nSPS) is 11.4. The van der Waals surface area contributed by atoms with Crippen LogP contribution in [0.2, 0.25) is 0 Å². The summed E-state index contributed by atoms with van der Waals surface area (Å²) in [6, 6.07) is 5.11. The molecule has 2 rings (SSSR count). The highest BCUT2D eigenvalue weighted by molar-refractivity contribution is 5.92. The van der Waals surface area contributed by atoms with E-state index in [4.69, 9.17) is 14.2 Å². The summed E-state index contributed by atoms with van der Waals surface area (Å²) in [5.74, 6) is 1.54. The Morgan fingerprint density at radius 3 is 2.35 bits per heavy atom. The van der Waals surface area contributed by atoms with Crippen LogP contribution in [0.25, 0.3) is 0 Å². The standard InChI is InChI=1S/C18H24N4O4/c1-6-11(2)20-17(23)13-7-8-19-18(22-13)21-12-9-14(24-3)16(26-5)15(10-12)25-4/h7-11H,6H2,1-5H3,(H,20,23)(H,19,21,22). The van der Waals surface area contributed by atoms with Crippen molar-refractivity contribution in [2.45, 2.75) is 26.3 Å². The zero-order chi connectivity index (χ0) is 19.1. The first-order valence-corrected chi connectivity index (χ1v) is 8.23. The van der Waals surface area contributed by atoms with E-state index in [0.717, 1.165) is 6.42 Å². The number of nitrogens with one attached hydrogen (secondary N) is 2. The Morgan fingerprint density at radius 1 is 1.15 bits per heavy atom. The van der Waals surface area contributed by atoms with Crippen LogP contribution in [-0.2, 0) is 0 Å². The number of aromatic nitrogens is 2. The second-order valence-electron chi connectivity index (χ2n) is 5.59. The molecule has 2 N–H and O–H groups in total. The van der Waals surface area contributed by atoms with Gasteiger partial charge in [0.15, 0.2) is 11.5 Å². The van der Waals surface area contributed by atoms with E-state index in [1.54, 1.807) is 18.2 Å². The van der Waals surface area contributed by atoms with Crippen LogP contribution in [0.15, 0.2) is 24.4 Å². The predicted molar refractivity (Wildman–Crippen MR) is 98.6 cm³/mol. The first-order valence-electron chi connectivity index (χ1n) is 8.23. The van der Waals surface area contributed by atoms with E-state index in [2.05, 4.69) is 20.6 Å². The van der Waals surface area contributed by atoms with E-state index in [0.29, 0.717) is 22.9 Å². The van der Waals surface area contributed by atoms with Gasteiger partial charge in [0, 0.05) is 30.1 Å². The van der Waals surface area contributed by atoms with Gasteiger partial charge in [-0.1, -0.05) is 6.92 Å². The number of carbonyl (C=O) groups excluding carboxylic acids is 1. The first-order chi connectivity index (χ1) is 12.5. The van der Waals surface area contributed by atoms with E-state index in [-0.39, 0.29) is 23.6 Å². The fourth-order valence-electron chi connectivity index (χ4n) is 2.23. The van der Waals surface area contributed by atoms with Crippen LogP contribution in [-0.4, -0.2) is 43.2 Å². The summed E-state index contributed by atoms with van der Waals surface area (Å²) in [6.45, 7) is 3.94. The number of hydrogen-bond donors (Lipinski definition) is 2. The van der Waals surface area contributed by atoms with Crippen molar-refractivity contribution in [2.24, 2.45) is 0 Å². The van der Waals surface area contributed by atoms with Crippen LogP contribution in [0.4, 0.5) is 11.6 Å². The molecule has 0 radical (unpaired) electrons. The minimum atomic E-state index is -0.241. The van der Waals surface area contributed by atoms with Gasteiger partial charge in [-0.25, -0.2) is 9.97 Å². The molecular formula is C18H24N4O4. The summed E-state index contributed by atoms with van der Waals surface area (Å²) in [5.41, 5.74) is 0.925. The van der Waals surface area contributed by atoms with Crippen LogP contribution in [0.3, 0.4) is 0 Å². The maximum atomic E-state index is 12.2. The summed E-state index contributed by atoms with van der Waals surface area (Å²) < 4.78 is 16.0. The molecule has 0 aliphatic carbocycles. The van der Waals surface area contributed by atoms with Gasteiger partial charge in [-0.2, -0.15) is 0 Å². The van der Waals surface area contributed by atoms with E-state index in [1.165, 1.54) is 27.5 Å². The second kappa shape index (κ2) is 8.89. The molecule has 0 aliphatic rings. The summed E-state index contributed by atoms with van der Waals surface area (Å²) in [7, 11) is 4.62. The lowest BCUT2D eigenvalue weighted by Crippen LogP contribution is -2.32. The van der Waals surface area contributed by atoms with Crippen LogP contribution >= 0.6 is 0 Å². The number of carbonyl (C=O) groups is 1. The van der Waals surface area contributed by atoms with E-state index in [9.17, 15) is 4.79 Å². The molecule has 0 spiro atoms. The smallest absolute Gasteiger partial charge is 0.270 e. The van der Waals surface area contributed by atoms with Crippen LogP contribution in [0, 0.1) is 0 Å². The predicted octanol–water partition coefficient (Wildman–Crippen LogP) is 2.77. The van der Waals surface area contributed by atoms with Crippen LogP contribution in [0.1, 0.15) is 30.8 Å². The third-order valence-electron chi connectivity index (χ3n) is 3.80. The number of methoxy groups -OCH3 is 3. The topological polar surface area (TPSA) is 94.6 Å². The fourth-order valence-corrected chi connectivity index (χ4v) is 2.23. The summed E-state index contributed by atoms with van der Waals surface area (Å²) in [4.78, 5) is 20.6. The minimum absolute atomic E-state index is 0.0731. The average Bonchev–Trinajstić information content (AvgIpc) is 2.67. The van der Waals surface area contributed by atoms with Crippen LogP contribution in [0.5, 0.6) is 17.2 Å². The van der Waals surface area contributed by atoms with Crippen LogP contribution < -0.4 is 24.8 Å². The molecule has 8 nitrogen and oxygen atoms in total. The highest BCUT2D eigenvalue weighted by atomic mass is 16.5. The highest BCUT2D eigenvalue weighted by Crippen LogP contribution is 2.40. The minimum Gasteiger partial charge on any atom is -0.493 e. The lowest BCUT2D eigenvalue weighted by Gasteiger charge is -2.15. The largest absolute Gasteiger partial charge is 0.493 e. The van der Waals surface area contributed by atoms with Gasteiger partial charge >= 0.3 is 0 Å². The van der Waals surface area contributed by atoms with Gasteiger partial charge in [0.1, 0.15) is 5.69 Å². The summed E-state index contributed by atoms with van der Waals surface area (Å²) in [5, 5.41) is 5.92. The fraction of sp³-hybridized carbons (Fsp3) is 0.389. The molecule has 1 aromatic heterocycles. The lowest BCUT2D eigenvalue weighted by molar-refractivity contribution is 0.0934. The highest BCUT2D eigenvalue weighted by Gasteiger charge is 2.15. The van der Waals surface area contributed by atoms with Gasteiger partial charge in [-0.15, -0.1) is 0 Å². The lowest BCUT2D eigenvalue weighted by atomic mass is 10.2. The van der Waals surface area contributed by atoms with Crippen molar-refractivity contribution in [3.8, 4) is 17.2 Å². The second-order valence-corrected chi connectivity index (χ2v) is 5.59. The molecule has 8 heteroatoms. The maximum absolute atomic E-state index is 12.2. The molecule has 0 saturated heterocycles. The Bertz CT molecular complexity index is 742. The Labute approximate surface area is 152 Å². The molecule has 1 atom stereocenters. The molecule has 26 heavy (non-hydrogen) atoms. The quantitative estimate of drug-likeness (QED) is 0.747. The molecule has 1 aromatic carbocycles. The average molecular weight is 360 g/mol. The SMILES string of the molecule is CCC(C)NC(=O)c1ccnc(Nc2cc(OC)c(OC)c(OC)c2)n1. The van der Waals surface area contributed by atoms with Gasteiger partial charge in [-0.05, 0) is 19.4 Å². The number of rotatable bonds is 8. The van der Waals surface area contributed by atoms with Crippen molar-refractivity contribution in [3.05, 3.63) is 30.1 Å². The van der Waals surface area contributed by atoms with E-state index in [1.807, 2.05) is 13.8 Å². The summed E-state index contributed by atoms with van der Waals surface area (Å²) >= 11 is 0. The van der Waals surface area contributed by atoms with Crippen molar-refractivity contribution in [1.29, 1.82) is 0 Å². The van der Waals surface area contributed by atoms with Gasteiger partial charge < -0.3 is 24.8 Å². The number of amides is 1. The van der Waals surface area contributed by atoms with E-state index < -0.39 is 0 Å². The molecule has 0 fully saturated rings. The van der Waals surface area contributed by atoms with Crippen molar-refractivity contribution < 1.29 is 19.0 Å². The Balaban J connectivity index is 2.26. The van der Waals surface area contributed by atoms with Crippen molar-refractivity contribution in [3.63, 3.8) is 0 Å². The first kappa shape index (κ1) is 19.3. The number of benzene rings is 1. The molecule has 1 unspecified atom stereocenters. The van der Waals surface area contributed by atoms with Crippen molar-refractivity contribution >= 4 is 17.5 Å². The maximum Gasteiger partial charge on any atom is 0.270 e. The molecular weight excluding hydrogens is 336 g/mol.